The number of benzene rings is 2. The molecule has 0 saturated carbocycles. The quantitative estimate of drug-likeness (QED) is 0.492. The van der Waals surface area contributed by atoms with Crippen LogP contribution in [0.2, 0.25) is 0 Å². The first-order valence-corrected chi connectivity index (χ1v) is 11.0. The molecule has 172 valence electrons. The van der Waals surface area contributed by atoms with Crippen LogP contribution in [0.5, 0.6) is 5.75 Å². The molecule has 0 bridgehead atoms. The van der Waals surface area contributed by atoms with Gasteiger partial charge in [0.25, 0.3) is 0 Å². The van der Waals surface area contributed by atoms with E-state index < -0.39 is 12.0 Å². The van der Waals surface area contributed by atoms with Gasteiger partial charge in [0.2, 0.25) is 17.7 Å². The zero-order chi connectivity index (χ0) is 23.4. The third kappa shape index (κ3) is 5.00. The van der Waals surface area contributed by atoms with E-state index in [1.54, 1.807) is 43.2 Å². The highest BCUT2D eigenvalue weighted by molar-refractivity contribution is 6.01. The number of hydrogen-bond donors (Lipinski definition) is 3. The number of nitrogens with zero attached hydrogens (tertiary/aromatic N) is 1. The number of carbonyl (C=O) groups excluding carboxylic acids is 3. The smallest absolute Gasteiger partial charge is 0.242 e. The number of nitrogens with one attached hydrogen (secondary N) is 3. The lowest BCUT2D eigenvalue weighted by Gasteiger charge is -2.18. The number of hydrogen-bond acceptors (Lipinski definition) is 4. The monoisotopic (exact) mass is 448 g/mol. The van der Waals surface area contributed by atoms with Crippen LogP contribution in [0.4, 0.5) is 5.69 Å². The summed E-state index contributed by atoms with van der Waals surface area (Å²) in [6.45, 7) is 2.40. The molecule has 0 spiro atoms. The van der Waals surface area contributed by atoms with Crippen LogP contribution in [0.1, 0.15) is 18.9 Å². The second-order valence-corrected chi connectivity index (χ2v) is 8.23. The van der Waals surface area contributed by atoms with Crippen LogP contribution in [0.3, 0.4) is 0 Å². The summed E-state index contributed by atoms with van der Waals surface area (Å²) in [5, 5.41) is 6.77. The Hall–Kier alpha value is -3.81. The number of aromatic amines is 1. The molecule has 2 atom stereocenters. The molecule has 3 aromatic rings. The number of H-pyrrole nitrogens is 1. The summed E-state index contributed by atoms with van der Waals surface area (Å²) < 4.78 is 5.14. The number of fused-ring (bicyclic) bond motifs is 1. The molecular weight excluding hydrogens is 420 g/mol. The van der Waals surface area contributed by atoms with Crippen LogP contribution in [0, 0.1) is 5.92 Å². The first-order valence-electron chi connectivity index (χ1n) is 11.0. The van der Waals surface area contributed by atoms with Gasteiger partial charge in [-0.25, -0.2) is 0 Å². The number of carbonyl (C=O) groups is 3. The predicted octanol–water partition coefficient (Wildman–Crippen LogP) is 2.39. The molecule has 1 aliphatic rings. The minimum absolute atomic E-state index is 0.115. The summed E-state index contributed by atoms with van der Waals surface area (Å²) in [5.74, 6) is -0.459. The SMILES string of the molecule is COc1ccc(N2CC(C(=O)N[C@@H](C)C(=O)NCCc3c[nH]c4ccccc34)CC2=O)cc1. The Labute approximate surface area is 192 Å². The summed E-state index contributed by atoms with van der Waals surface area (Å²) in [7, 11) is 1.58. The lowest BCUT2D eigenvalue weighted by Crippen LogP contribution is -2.47. The molecule has 3 amide bonds. The first-order chi connectivity index (χ1) is 16.0. The third-order valence-corrected chi connectivity index (χ3v) is 6.00. The maximum atomic E-state index is 12.7. The average molecular weight is 449 g/mol. The molecule has 4 rings (SSSR count). The molecule has 0 aliphatic carbocycles. The van der Waals surface area contributed by atoms with Gasteiger partial charge in [0.15, 0.2) is 0 Å². The van der Waals surface area contributed by atoms with Gasteiger partial charge in [0, 0.05) is 42.3 Å². The van der Waals surface area contributed by atoms with E-state index in [1.165, 1.54) is 0 Å². The van der Waals surface area contributed by atoms with Crippen molar-refractivity contribution in [2.75, 3.05) is 25.1 Å². The third-order valence-electron chi connectivity index (χ3n) is 6.00. The molecule has 8 heteroatoms. The zero-order valence-corrected chi connectivity index (χ0v) is 18.8. The number of methoxy groups -OCH3 is 1. The van der Waals surface area contributed by atoms with E-state index in [-0.39, 0.29) is 30.7 Å². The summed E-state index contributed by atoms with van der Waals surface area (Å²) in [5.41, 5.74) is 2.92. The van der Waals surface area contributed by atoms with Gasteiger partial charge in [-0.2, -0.15) is 0 Å². The fourth-order valence-electron chi connectivity index (χ4n) is 4.10. The van der Waals surface area contributed by atoms with Gasteiger partial charge < -0.3 is 25.3 Å². The maximum Gasteiger partial charge on any atom is 0.242 e. The van der Waals surface area contributed by atoms with Crippen molar-refractivity contribution in [3.05, 3.63) is 60.3 Å². The second-order valence-electron chi connectivity index (χ2n) is 8.23. The van der Waals surface area contributed by atoms with E-state index in [9.17, 15) is 14.4 Å². The fourth-order valence-corrected chi connectivity index (χ4v) is 4.10. The molecular formula is C25H28N4O4. The molecule has 33 heavy (non-hydrogen) atoms. The Morgan fingerprint density at radius 2 is 1.94 bits per heavy atom. The predicted molar refractivity (Wildman–Crippen MR) is 126 cm³/mol. The Kier molecular flexibility index (Phi) is 6.63. The van der Waals surface area contributed by atoms with Crippen LogP contribution < -0.4 is 20.3 Å². The normalized spacial score (nSPS) is 16.6. The lowest BCUT2D eigenvalue weighted by atomic mass is 10.1. The van der Waals surface area contributed by atoms with E-state index in [0.717, 1.165) is 22.2 Å². The van der Waals surface area contributed by atoms with Gasteiger partial charge in [-0.05, 0) is 49.2 Å². The van der Waals surface area contributed by atoms with Crippen LogP contribution in [0.15, 0.2) is 54.7 Å². The van der Waals surface area contributed by atoms with Crippen molar-refractivity contribution in [1.29, 1.82) is 0 Å². The number of anilines is 1. The van der Waals surface area contributed by atoms with E-state index in [2.05, 4.69) is 15.6 Å². The number of ether oxygens (including phenoxy) is 1. The highest BCUT2D eigenvalue weighted by atomic mass is 16.5. The van der Waals surface area contributed by atoms with Crippen LogP contribution in [-0.2, 0) is 20.8 Å². The van der Waals surface area contributed by atoms with Crippen molar-refractivity contribution < 1.29 is 19.1 Å². The van der Waals surface area contributed by atoms with Crippen molar-refractivity contribution in [2.24, 2.45) is 5.92 Å². The van der Waals surface area contributed by atoms with Gasteiger partial charge >= 0.3 is 0 Å². The molecule has 1 aliphatic heterocycles. The number of amides is 3. The molecule has 2 heterocycles. The topological polar surface area (TPSA) is 104 Å². The highest BCUT2D eigenvalue weighted by Crippen LogP contribution is 2.27. The fraction of sp³-hybridized carbons (Fsp3) is 0.320. The summed E-state index contributed by atoms with van der Waals surface area (Å²) in [4.78, 5) is 42.4. The Bertz CT molecular complexity index is 1150. The minimum atomic E-state index is -0.689. The van der Waals surface area contributed by atoms with E-state index in [1.807, 2.05) is 30.5 Å². The van der Waals surface area contributed by atoms with E-state index in [4.69, 9.17) is 4.74 Å². The van der Waals surface area contributed by atoms with E-state index >= 15 is 0 Å². The largest absolute Gasteiger partial charge is 0.497 e. The van der Waals surface area contributed by atoms with Gasteiger partial charge in [-0.1, -0.05) is 18.2 Å². The van der Waals surface area contributed by atoms with Crippen LogP contribution in [0.25, 0.3) is 10.9 Å². The van der Waals surface area contributed by atoms with Crippen molar-refractivity contribution in [2.45, 2.75) is 25.8 Å². The molecule has 1 saturated heterocycles. The Morgan fingerprint density at radius 3 is 2.70 bits per heavy atom. The lowest BCUT2D eigenvalue weighted by molar-refractivity contribution is -0.130. The number of rotatable bonds is 8. The summed E-state index contributed by atoms with van der Waals surface area (Å²) in [6.07, 6.45) is 2.75. The average Bonchev–Trinajstić information content (AvgIpc) is 3.42. The summed E-state index contributed by atoms with van der Waals surface area (Å²) >= 11 is 0. The van der Waals surface area contributed by atoms with Crippen molar-refractivity contribution in [3.8, 4) is 5.75 Å². The number of para-hydroxylation sites is 1. The van der Waals surface area contributed by atoms with Crippen LogP contribution >= 0.6 is 0 Å². The molecule has 8 nitrogen and oxygen atoms in total. The minimum Gasteiger partial charge on any atom is -0.497 e. The summed E-state index contributed by atoms with van der Waals surface area (Å²) in [6, 6.07) is 14.5. The molecule has 1 unspecified atom stereocenters. The maximum absolute atomic E-state index is 12.7. The molecule has 0 radical (unpaired) electrons. The van der Waals surface area contributed by atoms with Gasteiger partial charge in [0.05, 0.1) is 13.0 Å². The van der Waals surface area contributed by atoms with Crippen molar-refractivity contribution in [1.82, 2.24) is 15.6 Å². The Balaban J connectivity index is 1.26. The second kappa shape index (κ2) is 9.77. The molecule has 1 aromatic heterocycles. The van der Waals surface area contributed by atoms with Crippen molar-refractivity contribution in [3.63, 3.8) is 0 Å². The van der Waals surface area contributed by atoms with E-state index in [0.29, 0.717) is 18.7 Å². The molecule has 3 N–H and O–H groups in total. The van der Waals surface area contributed by atoms with Gasteiger partial charge in [-0.3, -0.25) is 14.4 Å². The molecule has 1 fully saturated rings. The molecule has 2 aromatic carbocycles. The highest BCUT2D eigenvalue weighted by Gasteiger charge is 2.36. The standard InChI is InChI=1S/C25H28N4O4/c1-16(24(31)26-12-11-17-14-27-22-6-4-3-5-21(17)22)28-25(32)18-13-23(30)29(15-18)19-7-9-20(33-2)10-8-19/h3-10,14,16,18,27H,11-13,15H2,1-2H3,(H,26,31)(H,28,32)/t16-,18?/m0/s1. The number of aromatic nitrogens is 1. The van der Waals surface area contributed by atoms with Crippen molar-refractivity contribution >= 4 is 34.3 Å². The van der Waals surface area contributed by atoms with Gasteiger partial charge in [-0.15, -0.1) is 0 Å². The van der Waals surface area contributed by atoms with Gasteiger partial charge in [0.1, 0.15) is 11.8 Å². The first kappa shape index (κ1) is 22.4. The van der Waals surface area contributed by atoms with Crippen LogP contribution in [-0.4, -0.2) is 48.9 Å². The Morgan fingerprint density at radius 1 is 1.18 bits per heavy atom. The zero-order valence-electron chi connectivity index (χ0n) is 18.8.